The molecular weight excluding hydrogens is 540 g/mol. The molecule has 1 saturated heterocycles. The first-order chi connectivity index (χ1) is 19.5. The van der Waals surface area contributed by atoms with Crippen molar-refractivity contribution in [1.29, 1.82) is 0 Å². The van der Waals surface area contributed by atoms with Crippen LogP contribution in [0.2, 0.25) is 0 Å². The Morgan fingerprint density at radius 2 is 1.66 bits per heavy atom. The molecule has 214 valence electrons. The first-order valence-electron chi connectivity index (χ1n) is 14.0. The van der Waals surface area contributed by atoms with Gasteiger partial charge < -0.3 is 19.3 Å². The fourth-order valence-corrected chi connectivity index (χ4v) is 6.03. The molecule has 0 atom stereocenters. The third-order valence-electron chi connectivity index (χ3n) is 8.14. The summed E-state index contributed by atoms with van der Waals surface area (Å²) < 4.78 is 8.23. The average molecular weight is 575 g/mol. The third kappa shape index (κ3) is 6.55. The molecule has 4 heterocycles. The second-order valence-electron chi connectivity index (χ2n) is 10.8. The van der Waals surface area contributed by atoms with Crippen molar-refractivity contribution in [2.24, 2.45) is 5.92 Å². The van der Waals surface area contributed by atoms with Crippen LogP contribution in [-0.4, -0.2) is 62.5 Å². The highest BCUT2D eigenvalue weighted by atomic mass is 35.5. The molecule has 2 aliphatic heterocycles. The van der Waals surface area contributed by atoms with Gasteiger partial charge in [0.1, 0.15) is 17.1 Å². The number of aromatic nitrogens is 2. The molecule has 9 heteroatoms. The molecule has 8 nitrogen and oxygen atoms in total. The molecule has 1 amide bonds. The number of hydrogen-bond acceptors (Lipinski definition) is 5. The van der Waals surface area contributed by atoms with Crippen molar-refractivity contribution >= 4 is 35.3 Å². The molecule has 0 spiro atoms. The second-order valence-corrected chi connectivity index (χ2v) is 10.8. The van der Waals surface area contributed by atoms with Gasteiger partial charge in [0, 0.05) is 36.8 Å². The summed E-state index contributed by atoms with van der Waals surface area (Å²) >= 11 is 0. The minimum atomic E-state index is -0.792. The SMILES string of the molecule is Cl.O=C(O)CN1CCC(CC(=O)N2CCc3c(n(Cc4ccc(Oc5ccccc5)cc4)c4ncccc34)C2)CC1. The Balaban J connectivity index is 0.00000337. The first-order valence-corrected chi connectivity index (χ1v) is 14.0. The predicted octanol–water partition coefficient (Wildman–Crippen LogP) is 5.37. The summed E-state index contributed by atoms with van der Waals surface area (Å²) in [5.74, 6) is 1.30. The highest BCUT2D eigenvalue weighted by Crippen LogP contribution is 2.32. The van der Waals surface area contributed by atoms with Gasteiger partial charge in [-0.3, -0.25) is 14.5 Å². The number of amides is 1. The monoisotopic (exact) mass is 574 g/mol. The summed E-state index contributed by atoms with van der Waals surface area (Å²) in [5, 5.41) is 10.2. The number of carbonyl (C=O) groups is 2. The van der Waals surface area contributed by atoms with E-state index in [-0.39, 0.29) is 24.9 Å². The molecule has 2 aromatic heterocycles. The van der Waals surface area contributed by atoms with Gasteiger partial charge in [-0.2, -0.15) is 0 Å². The lowest BCUT2D eigenvalue weighted by molar-refractivity contribution is -0.139. The number of aliphatic carboxylic acids is 1. The summed E-state index contributed by atoms with van der Waals surface area (Å²) in [7, 11) is 0. The van der Waals surface area contributed by atoms with E-state index in [1.165, 1.54) is 10.9 Å². The van der Waals surface area contributed by atoms with Crippen LogP contribution in [0.15, 0.2) is 72.9 Å². The Morgan fingerprint density at radius 3 is 2.39 bits per heavy atom. The zero-order chi connectivity index (χ0) is 27.5. The van der Waals surface area contributed by atoms with Gasteiger partial charge in [-0.1, -0.05) is 30.3 Å². The van der Waals surface area contributed by atoms with E-state index in [2.05, 4.69) is 22.8 Å². The number of pyridine rings is 1. The number of para-hydroxylation sites is 1. The Hall–Kier alpha value is -3.88. The van der Waals surface area contributed by atoms with Crippen molar-refractivity contribution in [1.82, 2.24) is 19.4 Å². The maximum Gasteiger partial charge on any atom is 0.317 e. The zero-order valence-electron chi connectivity index (χ0n) is 22.9. The van der Waals surface area contributed by atoms with Crippen LogP contribution in [0, 0.1) is 5.92 Å². The molecule has 41 heavy (non-hydrogen) atoms. The number of hydrogen-bond donors (Lipinski definition) is 1. The standard InChI is InChI=1S/C32H34N4O4.ClH/c37-30(19-23-12-16-34(17-13-23)22-31(38)39)35-18-14-27-28-7-4-15-33-32(28)36(29(27)21-35)20-24-8-10-26(11-9-24)40-25-5-2-1-3-6-25;/h1-11,15,23H,12-14,16-22H2,(H,38,39);1H. The van der Waals surface area contributed by atoms with Crippen LogP contribution in [0.1, 0.15) is 36.1 Å². The molecular formula is C32H35ClN4O4. The number of carboxylic acid groups (broad SMARTS) is 1. The second kappa shape index (κ2) is 12.7. The molecule has 4 aromatic rings. The molecule has 0 radical (unpaired) electrons. The fraction of sp³-hybridized carbons (Fsp3) is 0.344. The Morgan fingerprint density at radius 1 is 0.927 bits per heavy atom. The van der Waals surface area contributed by atoms with E-state index >= 15 is 0 Å². The Kier molecular flexibility index (Phi) is 8.90. The largest absolute Gasteiger partial charge is 0.480 e. The summed E-state index contributed by atoms with van der Waals surface area (Å²) in [6.07, 6.45) is 4.91. The van der Waals surface area contributed by atoms with E-state index in [9.17, 15) is 9.59 Å². The van der Waals surface area contributed by atoms with Crippen LogP contribution in [0.3, 0.4) is 0 Å². The van der Waals surface area contributed by atoms with Gasteiger partial charge in [0.05, 0.1) is 13.1 Å². The highest BCUT2D eigenvalue weighted by Gasteiger charge is 2.29. The van der Waals surface area contributed by atoms with Crippen molar-refractivity contribution in [2.45, 2.75) is 38.8 Å². The number of nitrogens with zero attached hydrogens (tertiary/aromatic N) is 4. The fourth-order valence-electron chi connectivity index (χ4n) is 6.03. The molecule has 2 aliphatic rings. The lowest BCUT2D eigenvalue weighted by atomic mass is 9.92. The van der Waals surface area contributed by atoms with E-state index < -0.39 is 5.97 Å². The van der Waals surface area contributed by atoms with Crippen LogP contribution in [0.25, 0.3) is 11.0 Å². The van der Waals surface area contributed by atoms with Gasteiger partial charge in [-0.05, 0) is 85.8 Å². The number of ether oxygens (including phenoxy) is 1. The zero-order valence-corrected chi connectivity index (χ0v) is 23.8. The molecule has 1 fully saturated rings. The molecule has 1 N–H and O–H groups in total. The van der Waals surface area contributed by atoms with E-state index in [0.717, 1.165) is 60.8 Å². The first kappa shape index (κ1) is 28.6. The maximum absolute atomic E-state index is 13.4. The smallest absolute Gasteiger partial charge is 0.317 e. The summed E-state index contributed by atoms with van der Waals surface area (Å²) in [6.45, 7) is 3.52. The van der Waals surface area contributed by atoms with Crippen molar-refractivity contribution < 1.29 is 19.4 Å². The molecule has 0 bridgehead atoms. The van der Waals surface area contributed by atoms with Crippen LogP contribution >= 0.6 is 12.4 Å². The van der Waals surface area contributed by atoms with Crippen LogP contribution in [-0.2, 0) is 29.1 Å². The van der Waals surface area contributed by atoms with E-state index in [1.807, 2.05) is 64.5 Å². The van der Waals surface area contributed by atoms with Crippen molar-refractivity contribution in [3.05, 3.63) is 89.7 Å². The number of halogens is 1. The van der Waals surface area contributed by atoms with E-state index in [0.29, 0.717) is 32.0 Å². The van der Waals surface area contributed by atoms with Crippen LogP contribution < -0.4 is 4.74 Å². The van der Waals surface area contributed by atoms with Gasteiger partial charge in [0.2, 0.25) is 5.91 Å². The number of likely N-dealkylation sites (tertiary alicyclic amines) is 1. The van der Waals surface area contributed by atoms with Crippen molar-refractivity contribution in [2.75, 3.05) is 26.2 Å². The number of rotatable bonds is 8. The number of benzene rings is 2. The number of fused-ring (bicyclic) bond motifs is 3. The van der Waals surface area contributed by atoms with E-state index in [4.69, 9.17) is 14.8 Å². The lowest BCUT2D eigenvalue weighted by Crippen LogP contribution is -2.41. The van der Waals surface area contributed by atoms with Crippen molar-refractivity contribution in [3.8, 4) is 11.5 Å². The molecule has 0 aliphatic carbocycles. The predicted molar refractivity (Wildman–Crippen MR) is 160 cm³/mol. The third-order valence-corrected chi connectivity index (χ3v) is 8.14. The highest BCUT2D eigenvalue weighted by molar-refractivity contribution is 5.85. The molecule has 0 saturated carbocycles. The quantitative estimate of drug-likeness (QED) is 0.304. The van der Waals surface area contributed by atoms with Gasteiger partial charge in [-0.15, -0.1) is 12.4 Å². The maximum atomic E-state index is 13.4. The lowest BCUT2D eigenvalue weighted by Gasteiger charge is -2.33. The molecule has 0 unspecified atom stereocenters. The van der Waals surface area contributed by atoms with Crippen molar-refractivity contribution in [3.63, 3.8) is 0 Å². The minimum Gasteiger partial charge on any atom is -0.480 e. The number of carbonyl (C=O) groups excluding carboxylic acids is 1. The van der Waals surface area contributed by atoms with Gasteiger partial charge in [0.25, 0.3) is 0 Å². The number of carboxylic acids is 1. The Labute approximate surface area is 246 Å². The van der Waals surface area contributed by atoms with E-state index in [1.54, 1.807) is 0 Å². The summed E-state index contributed by atoms with van der Waals surface area (Å²) in [6, 6.07) is 22.0. The topological polar surface area (TPSA) is 87.9 Å². The number of piperidine rings is 1. The Bertz CT molecular complexity index is 1500. The minimum absolute atomic E-state index is 0. The molecule has 2 aromatic carbocycles. The van der Waals surface area contributed by atoms with Crippen LogP contribution in [0.5, 0.6) is 11.5 Å². The van der Waals surface area contributed by atoms with Gasteiger partial charge in [-0.25, -0.2) is 4.98 Å². The summed E-state index contributed by atoms with van der Waals surface area (Å²) in [4.78, 5) is 33.1. The van der Waals surface area contributed by atoms with Gasteiger partial charge >= 0.3 is 5.97 Å². The average Bonchev–Trinajstić information content (AvgIpc) is 3.28. The summed E-state index contributed by atoms with van der Waals surface area (Å²) in [5.41, 5.74) is 4.55. The normalized spacial score (nSPS) is 15.8. The van der Waals surface area contributed by atoms with Gasteiger partial charge in [0.15, 0.2) is 0 Å². The van der Waals surface area contributed by atoms with Crippen LogP contribution in [0.4, 0.5) is 0 Å². The molecule has 6 rings (SSSR count).